The highest BCUT2D eigenvalue weighted by molar-refractivity contribution is 6.67. The zero-order valence-electron chi connectivity index (χ0n) is 11.4. The van der Waals surface area contributed by atoms with E-state index in [4.69, 9.17) is 1.34 Å². The van der Waals surface area contributed by atoms with E-state index in [1.807, 2.05) is 0 Å². The lowest BCUT2D eigenvalue weighted by molar-refractivity contribution is 0.382. The van der Waals surface area contributed by atoms with Crippen LogP contribution in [0.5, 0.6) is 0 Å². The Morgan fingerprint density at radius 2 is 0.565 bits per heavy atom. The maximum absolute atomic E-state index is 13.5. The van der Waals surface area contributed by atoms with E-state index in [2.05, 4.69) is 0 Å². The van der Waals surface area contributed by atoms with E-state index >= 15 is 0 Å². The number of hydrogen-bond acceptors (Lipinski definition) is 0. The first-order valence-corrected chi connectivity index (χ1v) is 5.47. The summed E-state index contributed by atoms with van der Waals surface area (Å²) in [6, 6.07) is 0. The molecule has 0 saturated carbocycles. The summed E-state index contributed by atoms with van der Waals surface area (Å²) in [5, 5.41) is 0. The minimum Gasteiger partial charge on any atom is -0.204 e. The van der Waals surface area contributed by atoms with Gasteiger partial charge in [0.05, 0.1) is 0 Å². The van der Waals surface area contributed by atoms with Crippen LogP contribution in [0.2, 0.25) is 0 Å². The zero-order valence-corrected chi connectivity index (χ0v) is 10.4. The summed E-state index contributed by atoms with van der Waals surface area (Å²) in [5.41, 5.74) is -4.12. The van der Waals surface area contributed by atoms with Crippen molar-refractivity contribution in [3.63, 3.8) is 0 Å². The Morgan fingerprint density at radius 1 is 0.391 bits per heavy atom. The second-order valence-electron chi connectivity index (χ2n) is 4.11. The molecule has 2 aromatic rings. The third kappa shape index (κ3) is 2.53. The van der Waals surface area contributed by atoms with Gasteiger partial charge in [0, 0.05) is 0 Å². The van der Waals surface area contributed by atoms with Crippen LogP contribution in [0.15, 0.2) is 0 Å². The number of halogens is 10. The van der Waals surface area contributed by atoms with Crippen LogP contribution in [0.3, 0.4) is 0 Å². The second kappa shape index (κ2) is 5.78. The van der Waals surface area contributed by atoms with Crippen molar-refractivity contribution in [2.24, 2.45) is 0 Å². The van der Waals surface area contributed by atoms with E-state index in [0.717, 1.165) is 0 Å². The fourth-order valence-corrected chi connectivity index (χ4v) is 1.64. The smallest absolute Gasteiger partial charge is 0.204 e. The predicted octanol–water partition coefficient (Wildman–Crippen LogP) is 2.46. The SMILES string of the molecule is [2H]B(c1c(F)c(F)c(F)c(F)c1F)c1c(F)c(F)c(F)c(F)c1F. The van der Waals surface area contributed by atoms with Gasteiger partial charge >= 0.3 is 0 Å². The molecule has 0 saturated heterocycles. The molecule has 0 N–H and O–H groups in total. The number of hydrogen-bond donors (Lipinski definition) is 0. The van der Waals surface area contributed by atoms with Crippen molar-refractivity contribution < 1.29 is 43.9 Å². The lowest BCUT2D eigenvalue weighted by Crippen LogP contribution is -2.39. The zero-order chi connectivity index (χ0) is 18.5. The Hall–Kier alpha value is -2.20. The fourth-order valence-electron chi connectivity index (χ4n) is 1.64. The fraction of sp³-hybridized carbons (Fsp3) is 0. The van der Waals surface area contributed by atoms with Crippen LogP contribution in [0.4, 0.5) is 43.9 Å². The van der Waals surface area contributed by atoms with Gasteiger partial charge in [-0.15, -0.1) is 0 Å². The van der Waals surface area contributed by atoms with E-state index in [-0.39, 0.29) is 0 Å². The molecular weight excluding hydrogens is 345 g/mol. The molecule has 0 fully saturated rings. The standard InChI is InChI=1S/C12HBF10/c14-3-1(4(15)8(19)11(22)7(3)18)13-2-5(16)9(20)12(23)10(21)6(2)17/h13H/i13D. The van der Waals surface area contributed by atoms with E-state index in [9.17, 15) is 43.9 Å². The first kappa shape index (κ1) is 15.7. The molecular formula is C12HBF10. The summed E-state index contributed by atoms with van der Waals surface area (Å²) >= 11 is 0. The monoisotopic (exact) mass is 347 g/mol. The summed E-state index contributed by atoms with van der Waals surface area (Å²) in [4.78, 5) is 0. The molecule has 2 aromatic carbocycles. The third-order valence-corrected chi connectivity index (χ3v) is 2.78. The minimum absolute atomic E-state index is 2.06. The minimum atomic E-state index is -3.11. The van der Waals surface area contributed by atoms with Crippen molar-refractivity contribution >= 4 is 18.2 Å². The molecule has 0 unspecified atom stereocenters. The topological polar surface area (TPSA) is 0 Å². The normalized spacial score (nSPS) is 11.7. The Labute approximate surface area is 122 Å². The highest BCUT2D eigenvalue weighted by Gasteiger charge is 2.31. The van der Waals surface area contributed by atoms with Crippen molar-refractivity contribution in [1.82, 2.24) is 0 Å². The van der Waals surface area contributed by atoms with Crippen LogP contribution in [0.25, 0.3) is 0 Å². The van der Waals surface area contributed by atoms with Crippen LogP contribution in [0.1, 0.15) is 0 Å². The van der Waals surface area contributed by atoms with Crippen LogP contribution in [0, 0.1) is 58.2 Å². The van der Waals surface area contributed by atoms with Gasteiger partial charge < -0.3 is 0 Å². The van der Waals surface area contributed by atoms with Crippen LogP contribution < -0.4 is 10.9 Å². The molecule has 2 rings (SSSR count). The van der Waals surface area contributed by atoms with Gasteiger partial charge in [-0.05, 0) is 12.3 Å². The summed E-state index contributed by atoms with van der Waals surface area (Å²) in [6.45, 7) is 0. The molecule has 0 bridgehead atoms. The van der Waals surface area contributed by atoms with Gasteiger partial charge in [0.2, 0.25) is 7.24 Å². The average molecular weight is 347 g/mol. The average Bonchev–Trinajstić information content (AvgIpc) is 2.55. The van der Waals surface area contributed by atoms with Crippen LogP contribution in [-0.4, -0.2) is 8.58 Å². The van der Waals surface area contributed by atoms with Gasteiger partial charge in [-0.3, -0.25) is 0 Å². The number of benzene rings is 2. The van der Waals surface area contributed by atoms with Crippen LogP contribution >= 0.6 is 0 Å². The highest BCUT2D eigenvalue weighted by atomic mass is 19.2. The van der Waals surface area contributed by atoms with Gasteiger partial charge in [0.25, 0.3) is 0 Å². The molecule has 0 spiro atoms. The molecule has 122 valence electrons. The Morgan fingerprint density at radius 3 is 0.783 bits per heavy atom. The molecule has 0 nitrogen and oxygen atoms in total. The van der Waals surface area contributed by atoms with Gasteiger partial charge in [-0.25, -0.2) is 43.9 Å². The van der Waals surface area contributed by atoms with Crippen molar-refractivity contribution in [1.29, 1.82) is 1.34 Å². The predicted molar refractivity (Wildman–Crippen MR) is 58.9 cm³/mol. The highest BCUT2D eigenvalue weighted by Crippen LogP contribution is 2.18. The molecule has 0 amide bonds. The molecule has 0 atom stereocenters. The number of rotatable bonds is 2. The molecule has 0 aliphatic carbocycles. The summed E-state index contributed by atoms with van der Waals surface area (Å²) in [6.07, 6.45) is 0. The molecule has 0 heterocycles. The van der Waals surface area contributed by atoms with Gasteiger partial charge in [-0.2, -0.15) is 0 Å². The van der Waals surface area contributed by atoms with E-state index in [0.29, 0.717) is 0 Å². The van der Waals surface area contributed by atoms with Crippen molar-refractivity contribution in [3.05, 3.63) is 58.2 Å². The molecule has 0 aliphatic rings. The molecule has 23 heavy (non-hydrogen) atoms. The first-order chi connectivity index (χ1) is 11.0. The lowest BCUT2D eigenvalue weighted by atomic mass is 9.62. The van der Waals surface area contributed by atoms with Crippen molar-refractivity contribution in [2.45, 2.75) is 0 Å². The Balaban J connectivity index is 2.84. The Kier molecular flexibility index (Phi) is 3.94. The van der Waals surface area contributed by atoms with E-state index in [1.165, 1.54) is 0 Å². The van der Waals surface area contributed by atoms with E-state index in [1.54, 1.807) is 0 Å². The largest absolute Gasteiger partial charge is 0.208 e. The summed E-state index contributed by atoms with van der Waals surface area (Å²) in [5.74, 6) is -25.9. The van der Waals surface area contributed by atoms with Gasteiger partial charge in [-0.1, -0.05) is 0 Å². The maximum Gasteiger partial charge on any atom is 0.208 e. The maximum atomic E-state index is 13.5. The second-order valence-corrected chi connectivity index (χ2v) is 4.11. The molecule has 11 heteroatoms. The Bertz CT molecular complexity index is 725. The summed E-state index contributed by atoms with van der Waals surface area (Å²) in [7, 11) is -3.11. The van der Waals surface area contributed by atoms with Crippen molar-refractivity contribution in [2.75, 3.05) is 0 Å². The van der Waals surface area contributed by atoms with Crippen LogP contribution in [-0.2, 0) is 0 Å². The first-order valence-electron chi connectivity index (χ1n) is 6.04. The lowest BCUT2D eigenvalue weighted by Gasteiger charge is -2.10. The molecule has 0 radical (unpaired) electrons. The quantitative estimate of drug-likeness (QED) is 0.339. The molecule has 0 aromatic heterocycles. The third-order valence-electron chi connectivity index (χ3n) is 2.78. The van der Waals surface area contributed by atoms with Crippen molar-refractivity contribution in [3.8, 4) is 0 Å². The van der Waals surface area contributed by atoms with Gasteiger partial charge in [0.15, 0.2) is 58.2 Å². The summed E-state index contributed by atoms with van der Waals surface area (Å²) < 4.78 is 139. The van der Waals surface area contributed by atoms with Gasteiger partial charge in [0.1, 0.15) is 0 Å². The molecule has 0 aliphatic heterocycles. The van der Waals surface area contributed by atoms with E-state index < -0.39 is 76.3 Å².